The Balaban J connectivity index is 0.00000341. The van der Waals surface area contributed by atoms with Gasteiger partial charge in [0.1, 0.15) is 11.5 Å². The summed E-state index contributed by atoms with van der Waals surface area (Å²) in [7, 11) is 5.19. The first kappa shape index (κ1) is 25.5. The van der Waals surface area contributed by atoms with Crippen molar-refractivity contribution in [1.82, 2.24) is 10.6 Å². The number of halogens is 1. The quantitative estimate of drug-likeness (QED) is 0.229. The van der Waals surface area contributed by atoms with E-state index in [9.17, 15) is 0 Å². The second kappa shape index (κ2) is 12.9. The van der Waals surface area contributed by atoms with Crippen molar-refractivity contribution in [3.63, 3.8) is 0 Å². The molecule has 1 heterocycles. The van der Waals surface area contributed by atoms with Crippen molar-refractivity contribution < 1.29 is 9.47 Å². The van der Waals surface area contributed by atoms with E-state index >= 15 is 0 Å². The zero-order valence-corrected chi connectivity index (χ0v) is 21.8. The Labute approximate surface area is 207 Å². The summed E-state index contributed by atoms with van der Waals surface area (Å²) in [5, 5.41) is 7.00. The fraction of sp³-hybridized carbons (Fsp3) is 0.435. The van der Waals surface area contributed by atoms with Crippen LogP contribution in [0.1, 0.15) is 18.4 Å². The van der Waals surface area contributed by atoms with Gasteiger partial charge < -0.3 is 25.0 Å². The average molecular weight is 557 g/mol. The van der Waals surface area contributed by atoms with E-state index in [1.807, 2.05) is 13.1 Å². The minimum absolute atomic E-state index is 0. The number of piperidine rings is 1. The maximum absolute atomic E-state index is 5.41. The Kier molecular flexibility index (Phi) is 10.6. The molecule has 170 valence electrons. The molecular weight excluding hydrogens is 523 g/mol. The number of nitrogens with zero attached hydrogens (tertiary/aromatic N) is 2. The van der Waals surface area contributed by atoms with Gasteiger partial charge in [0.2, 0.25) is 0 Å². The lowest BCUT2D eigenvalue weighted by molar-refractivity contribution is 0.393. The van der Waals surface area contributed by atoms with E-state index in [0.717, 1.165) is 55.6 Å². The van der Waals surface area contributed by atoms with Crippen molar-refractivity contribution in [3.8, 4) is 11.5 Å². The molecule has 0 atom stereocenters. The highest BCUT2D eigenvalue weighted by Gasteiger charge is 2.21. The minimum atomic E-state index is 0. The summed E-state index contributed by atoms with van der Waals surface area (Å²) in [5.74, 6) is 2.49. The van der Waals surface area contributed by atoms with Crippen LogP contribution in [0.3, 0.4) is 0 Å². The van der Waals surface area contributed by atoms with Crippen LogP contribution in [0.5, 0.6) is 11.5 Å². The van der Waals surface area contributed by atoms with Crippen molar-refractivity contribution in [2.75, 3.05) is 45.5 Å². The van der Waals surface area contributed by atoms with Crippen LogP contribution in [0.15, 0.2) is 52.4 Å². The molecule has 0 aromatic heterocycles. The standard InChI is InChI=1S/C23H32N4O2S.HI/c1-24-23(25-16-17-5-7-22(30-4)8-6-17)26-18-9-11-27(12-10-18)19-13-20(28-2)15-21(14-19)29-3;/h5-8,13-15,18H,9-12,16H2,1-4H3,(H2,24,25,26);1H. The Bertz CT molecular complexity index is 818. The summed E-state index contributed by atoms with van der Waals surface area (Å²) in [6, 6.07) is 15.1. The first-order chi connectivity index (χ1) is 14.6. The number of anilines is 1. The zero-order valence-electron chi connectivity index (χ0n) is 18.7. The van der Waals surface area contributed by atoms with E-state index in [1.54, 1.807) is 26.0 Å². The van der Waals surface area contributed by atoms with E-state index in [4.69, 9.17) is 9.47 Å². The molecule has 8 heteroatoms. The molecule has 6 nitrogen and oxygen atoms in total. The van der Waals surface area contributed by atoms with Gasteiger partial charge in [-0.2, -0.15) is 0 Å². The van der Waals surface area contributed by atoms with Crippen molar-refractivity contribution >= 4 is 47.4 Å². The van der Waals surface area contributed by atoms with Gasteiger partial charge in [0.15, 0.2) is 5.96 Å². The molecule has 2 aromatic rings. The molecule has 0 amide bonds. The average Bonchev–Trinajstić information content (AvgIpc) is 2.82. The number of rotatable bonds is 7. The zero-order chi connectivity index (χ0) is 21.3. The van der Waals surface area contributed by atoms with Crippen LogP contribution >= 0.6 is 35.7 Å². The van der Waals surface area contributed by atoms with Crippen molar-refractivity contribution in [3.05, 3.63) is 48.0 Å². The second-order valence-electron chi connectivity index (χ2n) is 7.25. The van der Waals surface area contributed by atoms with Gasteiger partial charge >= 0.3 is 0 Å². The van der Waals surface area contributed by atoms with Crippen LogP contribution in [-0.4, -0.2) is 52.6 Å². The Morgan fingerprint density at radius 1 is 1.06 bits per heavy atom. The van der Waals surface area contributed by atoms with Crippen LogP contribution in [0.4, 0.5) is 5.69 Å². The van der Waals surface area contributed by atoms with E-state index in [1.165, 1.54) is 10.5 Å². The number of hydrogen-bond acceptors (Lipinski definition) is 5. The number of guanidine groups is 1. The largest absolute Gasteiger partial charge is 0.497 e. The van der Waals surface area contributed by atoms with Gasteiger partial charge in [0.05, 0.1) is 14.2 Å². The lowest BCUT2D eigenvalue weighted by atomic mass is 10.0. The molecule has 0 radical (unpaired) electrons. The molecule has 2 N–H and O–H groups in total. The first-order valence-corrected chi connectivity index (χ1v) is 11.5. The molecule has 2 aromatic carbocycles. The number of thioether (sulfide) groups is 1. The topological polar surface area (TPSA) is 58.1 Å². The first-order valence-electron chi connectivity index (χ1n) is 10.2. The monoisotopic (exact) mass is 556 g/mol. The molecule has 1 fully saturated rings. The summed E-state index contributed by atoms with van der Waals surface area (Å²) in [6.45, 7) is 2.71. The molecule has 3 rings (SSSR count). The maximum Gasteiger partial charge on any atom is 0.191 e. The van der Waals surface area contributed by atoms with E-state index in [-0.39, 0.29) is 24.0 Å². The van der Waals surface area contributed by atoms with Gasteiger partial charge in [-0.05, 0) is 36.8 Å². The molecule has 0 saturated carbocycles. The fourth-order valence-electron chi connectivity index (χ4n) is 3.57. The van der Waals surface area contributed by atoms with Gasteiger partial charge in [-0.3, -0.25) is 4.99 Å². The lowest BCUT2D eigenvalue weighted by Crippen LogP contribution is -2.48. The van der Waals surface area contributed by atoms with Crippen molar-refractivity contribution in [1.29, 1.82) is 0 Å². The van der Waals surface area contributed by atoms with Gasteiger partial charge in [0, 0.05) is 61.5 Å². The highest BCUT2D eigenvalue weighted by Crippen LogP contribution is 2.30. The van der Waals surface area contributed by atoms with Gasteiger partial charge in [-0.1, -0.05) is 12.1 Å². The Morgan fingerprint density at radius 2 is 1.68 bits per heavy atom. The summed E-state index contributed by atoms with van der Waals surface area (Å²) in [5.41, 5.74) is 2.39. The normalized spacial score (nSPS) is 14.6. The third-order valence-corrected chi connectivity index (χ3v) is 6.12. The molecule has 31 heavy (non-hydrogen) atoms. The number of benzene rings is 2. The molecule has 0 spiro atoms. The van der Waals surface area contributed by atoms with E-state index in [0.29, 0.717) is 6.04 Å². The van der Waals surface area contributed by atoms with E-state index < -0.39 is 0 Å². The minimum Gasteiger partial charge on any atom is -0.497 e. The fourth-order valence-corrected chi connectivity index (χ4v) is 3.98. The molecule has 1 saturated heterocycles. The Morgan fingerprint density at radius 3 is 2.19 bits per heavy atom. The maximum atomic E-state index is 5.41. The Hall–Kier alpha value is -1.81. The lowest BCUT2D eigenvalue weighted by Gasteiger charge is -2.34. The highest BCUT2D eigenvalue weighted by molar-refractivity contribution is 14.0. The summed E-state index contributed by atoms with van der Waals surface area (Å²) >= 11 is 1.76. The summed E-state index contributed by atoms with van der Waals surface area (Å²) < 4.78 is 10.8. The van der Waals surface area contributed by atoms with Gasteiger partial charge in [0.25, 0.3) is 0 Å². The van der Waals surface area contributed by atoms with Crippen LogP contribution in [0, 0.1) is 0 Å². The van der Waals surface area contributed by atoms with Gasteiger partial charge in [-0.25, -0.2) is 0 Å². The van der Waals surface area contributed by atoms with Crippen molar-refractivity contribution in [2.45, 2.75) is 30.3 Å². The van der Waals surface area contributed by atoms with Crippen LogP contribution in [0.2, 0.25) is 0 Å². The molecule has 1 aliphatic heterocycles. The summed E-state index contributed by atoms with van der Waals surface area (Å²) in [6.07, 6.45) is 4.18. The molecule has 0 aliphatic carbocycles. The van der Waals surface area contributed by atoms with E-state index in [2.05, 4.69) is 63.2 Å². The number of methoxy groups -OCH3 is 2. The van der Waals surface area contributed by atoms with Crippen LogP contribution in [0.25, 0.3) is 0 Å². The molecule has 1 aliphatic rings. The third kappa shape index (κ3) is 7.38. The van der Waals surface area contributed by atoms with Crippen LogP contribution in [-0.2, 0) is 6.54 Å². The highest BCUT2D eigenvalue weighted by atomic mass is 127. The van der Waals surface area contributed by atoms with Crippen molar-refractivity contribution in [2.24, 2.45) is 4.99 Å². The third-order valence-electron chi connectivity index (χ3n) is 5.38. The second-order valence-corrected chi connectivity index (χ2v) is 8.13. The molecular formula is C23H33IN4O2S. The predicted octanol–water partition coefficient (Wildman–Crippen LogP) is 4.38. The SMILES string of the molecule is CN=C(NCc1ccc(SC)cc1)NC1CCN(c2cc(OC)cc(OC)c2)CC1.I. The van der Waals surface area contributed by atoms with Gasteiger partial charge in [-0.15, -0.1) is 35.7 Å². The smallest absolute Gasteiger partial charge is 0.191 e. The number of hydrogen-bond donors (Lipinski definition) is 2. The van der Waals surface area contributed by atoms with Crippen LogP contribution < -0.4 is 25.0 Å². The molecule has 0 unspecified atom stereocenters. The number of nitrogens with one attached hydrogen (secondary N) is 2. The molecule has 0 bridgehead atoms. The number of aliphatic imine (C=N–C) groups is 1. The summed E-state index contributed by atoms with van der Waals surface area (Å²) in [4.78, 5) is 8.06. The predicted molar refractivity (Wildman–Crippen MR) is 142 cm³/mol. The number of ether oxygens (including phenoxy) is 2.